The summed E-state index contributed by atoms with van der Waals surface area (Å²) < 4.78 is 10.6. The molecular formula is C13H19NO2. The molecule has 88 valence electrons. The smallest absolute Gasteiger partial charge is 0.126 e. The molecule has 1 aromatic carbocycles. The van der Waals surface area contributed by atoms with Crippen molar-refractivity contribution >= 4 is 0 Å². The number of hydrogen-bond donors (Lipinski definition) is 1. The molecule has 0 saturated heterocycles. The Bertz CT molecular complexity index is 365. The van der Waals surface area contributed by atoms with Crippen LogP contribution < -0.4 is 15.2 Å². The lowest BCUT2D eigenvalue weighted by atomic mass is 9.96. The van der Waals surface area contributed by atoms with Crippen molar-refractivity contribution in [3.05, 3.63) is 23.8 Å². The van der Waals surface area contributed by atoms with Crippen LogP contribution in [0, 0.1) is 0 Å². The monoisotopic (exact) mass is 221 g/mol. The maximum absolute atomic E-state index is 5.94. The lowest BCUT2D eigenvalue weighted by Gasteiger charge is -2.15. The van der Waals surface area contributed by atoms with Crippen LogP contribution in [-0.4, -0.2) is 20.3 Å². The fraction of sp³-hybridized carbons (Fsp3) is 0.538. The Hall–Kier alpha value is -1.22. The van der Waals surface area contributed by atoms with Gasteiger partial charge in [-0.3, -0.25) is 0 Å². The van der Waals surface area contributed by atoms with Gasteiger partial charge in [0.1, 0.15) is 11.5 Å². The fourth-order valence-corrected chi connectivity index (χ4v) is 2.45. The van der Waals surface area contributed by atoms with E-state index in [4.69, 9.17) is 15.2 Å². The van der Waals surface area contributed by atoms with E-state index >= 15 is 0 Å². The fourth-order valence-electron chi connectivity index (χ4n) is 2.45. The van der Waals surface area contributed by atoms with Crippen molar-refractivity contribution in [2.75, 3.05) is 14.2 Å². The topological polar surface area (TPSA) is 44.5 Å². The summed E-state index contributed by atoms with van der Waals surface area (Å²) in [5.74, 6) is 2.29. The van der Waals surface area contributed by atoms with E-state index in [2.05, 4.69) is 6.07 Å². The van der Waals surface area contributed by atoms with Crippen molar-refractivity contribution in [2.45, 2.75) is 31.2 Å². The van der Waals surface area contributed by atoms with Gasteiger partial charge in [-0.1, -0.05) is 6.07 Å². The molecule has 1 aliphatic rings. The zero-order chi connectivity index (χ0) is 11.5. The summed E-state index contributed by atoms with van der Waals surface area (Å²) in [6.07, 6.45) is 3.33. The number of ether oxygens (including phenoxy) is 2. The number of hydrogen-bond acceptors (Lipinski definition) is 3. The molecule has 0 aromatic heterocycles. The minimum Gasteiger partial charge on any atom is -0.497 e. The third-order valence-corrected chi connectivity index (χ3v) is 3.35. The lowest BCUT2D eigenvalue weighted by molar-refractivity contribution is 0.388. The van der Waals surface area contributed by atoms with Crippen molar-refractivity contribution in [2.24, 2.45) is 5.73 Å². The summed E-state index contributed by atoms with van der Waals surface area (Å²) in [4.78, 5) is 0. The zero-order valence-corrected chi connectivity index (χ0v) is 9.90. The van der Waals surface area contributed by atoms with Gasteiger partial charge in [0.05, 0.1) is 14.2 Å². The first-order chi connectivity index (χ1) is 7.74. The van der Waals surface area contributed by atoms with Crippen molar-refractivity contribution < 1.29 is 9.47 Å². The molecule has 1 aliphatic carbocycles. The van der Waals surface area contributed by atoms with E-state index in [0.29, 0.717) is 12.0 Å². The van der Waals surface area contributed by atoms with Crippen LogP contribution in [0.5, 0.6) is 11.5 Å². The molecule has 16 heavy (non-hydrogen) atoms. The van der Waals surface area contributed by atoms with E-state index in [9.17, 15) is 0 Å². The molecule has 0 spiro atoms. The molecule has 0 amide bonds. The molecule has 0 bridgehead atoms. The maximum atomic E-state index is 5.94. The third-order valence-electron chi connectivity index (χ3n) is 3.35. The van der Waals surface area contributed by atoms with Gasteiger partial charge in [0.15, 0.2) is 0 Å². The Morgan fingerprint density at radius 2 is 2.00 bits per heavy atom. The van der Waals surface area contributed by atoms with Gasteiger partial charge in [-0.25, -0.2) is 0 Å². The second-order valence-electron chi connectivity index (χ2n) is 4.38. The largest absolute Gasteiger partial charge is 0.497 e. The minimum atomic E-state index is 0.344. The molecule has 3 heteroatoms. The molecule has 2 atom stereocenters. The highest BCUT2D eigenvalue weighted by atomic mass is 16.5. The van der Waals surface area contributed by atoms with E-state index in [1.165, 1.54) is 5.56 Å². The van der Waals surface area contributed by atoms with Crippen molar-refractivity contribution in [1.82, 2.24) is 0 Å². The van der Waals surface area contributed by atoms with Crippen LogP contribution in [0.4, 0.5) is 0 Å². The molecule has 1 saturated carbocycles. The molecule has 0 heterocycles. The van der Waals surface area contributed by atoms with Crippen molar-refractivity contribution in [3.8, 4) is 11.5 Å². The van der Waals surface area contributed by atoms with Crippen LogP contribution in [0.3, 0.4) is 0 Å². The highest BCUT2D eigenvalue weighted by molar-refractivity contribution is 5.43. The van der Waals surface area contributed by atoms with E-state index in [0.717, 1.165) is 30.8 Å². The molecule has 1 fully saturated rings. The second kappa shape index (κ2) is 4.74. The first-order valence-electron chi connectivity index (χ1n) is 5.72. The molecule has 1 aromatic rings. The number of benzene rings is 1. The van der Waals surface area contributed by atoms with Crippen LogP contribution in [-0.2, 0) is 0 Å². The lowest BCUT2D eigenvalue weighted by Crippen LogP contribution is -2.14. The molecule has 2 N–H and O–H groups in total. The molecule has 3 nitrogen and oxygen atoms in total. The first kappa shape index (κ1) is 11.3. The zero-order valence-electron chi connectivity index (χ0n) is 9.90. The van der Waals surface area contributed by atoms with Gasteiger partial charge < -0.3 is 15.2 Å². The minimum absolute atomic E-state index is 0.344. The Kier molecular flexibility index (Phi) is 3.34. The van der Waals surface area contributed by atoms with Gasteiger partial charge in [0, 0.05) is 12.1 Å². The van der Waals surface area contributed by atoms with Gasteiger partial charge in [0.2, 0.25) is 0 Å². The van der Waals surface area contributed by atoms with E-state index in [1.807, 2.05) is 12.1 Å². The van der Waals surface area contributed by atoms with E-state index < -0.39 is 0 Å². The standard InChI is InChI=1S/C13H19NO2/c1-15-11-5-6-12(13(8-11)16-2)9-3-4-10(14)7-9/h5-6,8-10H,3-4,7,14H2,1-2H3. The molecule has 2 unspecified atom stereocenters. The predicted molar refractivity (Wildman–Crippen MR) is 64.1 cm³/mol. The highest BCUT2D eigenvalue weighted by Crippen LogP contribution is 2.39. The molecule has 2 rings (SSSR count). The summed E-state index contributed by atoms with van der Waals surface area (Å²) in [5, 5.41) is 0. The van der Waals surface area contributed by atoms with Crippen LogP contribution in [0.15, 0.2) is 18.2 Å². The van der Waals surface area contributed by atoms with Gasteiger partial charge in [-0.15, -0.1) is 0 Å². The van der Waals surface area contributed by atoms with Crippen molar-refractivity contribution in [1.29, 1.82) is 0 Å². The average molecular weight is 221 g/mol. The summed E-state index contributed by atoms with van der Waals surface area (Å²) in [5.41, 5.74) is 7.20. The number of methoxy groups -OCH3 is 2. The van der Waals surface area contributed by atoms with E-state index in [1.54, 1.807) is 14.2 Å². The SMILES string of the molecule is COc1ccc(C2CCC(N)C2)c(OC)c1. The Labute approximate surface area is 96.5 Å². The Morgan fingerprint density at radius 1 is 1.19 bits per heavy atom. The van der Waals surface area contributed by atoms with Crippen molar-refractivity contribution in [3.63, 3.8) is 0 Å². The van der Waals surface area contributed by atoms with Crippen LogP contribution in [0.25, 0.3) is 0 Å². The summed E-state index contributed by atoms with van der Waals surface area (Å²) in [6, 6.07) is 6.37. The predicted octanol–water partition coefficient (Wildman–Crippen LogP) is 2.30. The van der Waals surface area contributed by atoms with Crippen LogP contribution in [0.2, 0.25) is 0 Å². The van der Waals surface area contributed by atoms with Gasteiger partial charge in [-0.2, -0.15) is 0 Å². The summed E-state index contributed by atoms with van der Waals surface area (Å²) >= 11 is 0. The van der Waals surface area contributed by atoms with Gasteiger partial charge >= 0.3 is 0 Å². The average Bonchev–Trinajstić information content (AvgIpc) is 2.74. The Balaban J connectivity index is 2.26. The quantitative estimate of drug-likeness (QED) is 0.851. The maximum Gasteiger partial charge on any atom is 0.126 e. The van der Waals surface area contributed by atoms with Gasteiger partial charge in [-0.05, 0) is 36.8 Å². The highest BCUT2D eigenvalue weighted by Gasteiger charge is 2.25. The number of nitrogens with two attached hydrogens (primary N) is 1. The van der Waals surface area contributed by atoms with Gasteiger partial charge in [0.25, 0.3) is 0 Å². The van der Waals surface area contributed by atoms with Crippen LogP contribution in [0.1, 0.15) is 30.7 Å². The first-order valence-corrected chi connectivity index (χ1v) is 5.72. The summed E-state index contributed by atoms with van der Waals surface area (Å²) in [7, 11) is 3.37. The normalized spacial score (nSPS) is 24.4. The van der Waals surface area contributed by atoms with E-state index in [-0.39, 0.29) is 0 Å². The van der Waals surface area contributed by atoms with Crippen LogP contribution >= 0.6 is 0 Å². The number of rotatable bonds is 3. The Morgan fingerprint density at radius 3 is 2.56 bits per heavy atom. The molecule has 0 radical (unpaired) electrons. The second-order valence-corrected chi connectivity index (χ2v) is 4.38. The summed E-state index contributed by atoms with van der Waals surface area (Å²) in [6.45, 7) is 0. The molecular weight excluding hydrogens is 202 g/mol. The third kappa shape index (κ3) is 2.14. The molecule has 0 aliphatic heterocycles.